The summed E-state index contributed by atoms with van der Waals surface area (Å²) in [4.78, 5) is 22.5. The third-order valence-corrected chi connectivity index (χ3v) is 4.24. The number of hydrogen-bond donors (Lipinski definition) is 2. The zero-order valence-electron chi connectivity index (χ0n) is 9.90. The summed E-state index contributed by atoms with van der Waals surface area (Å²) in [6.45, 7) is 2.04. The molecule has 0 bridgehead atoms. The number of nitrogens with zero attached hydrogens (tertiary/aromatic N) is 2. The Kier molecular flexibility index (Phi) is 3.08. The Morgan fingerprint density at radius 2 is 2.26 bits per heavy atom. The molecule has 2 aromatic heterocycles. The number of aromatic amines is 1. The predicted molar refractivity (Wildman–Crippen MR) is 80.2 cm³/mol. The molecule has 3 rings (SSSR count). The van der Waals surface area contributed by atoms with Gasteiger partial charge < -0.3 is 10.3 Å². The van der Waals surface area contributed by atoms with E-state index < -0.39 is 0 Å². The monoisotopic (exact) mass is 336 g/mol. The topological polar surface area (TPSA) is 70.7 Å². The van der Waals surface area contributed by atoms with Crippen LogP contribution in [0.3, 0.4) is 0 Å². The second-order valence-corrected chi connectivity index (χ2v) is 5.83. The summed E-state index contributed by atoms with van der Waals surface area (Å²) in [5.74, 6) is 0.458. The summed E-state index contributed by atoms with van der Waals surface area (Å²) in [7, 11) is 0. The second kappa shape index (κ2) is 4.75. The van der Waals surface area contributed by atoms with E-state index in [2.05, 4.69) is 42.3 Å². The molecule has 0 unspecified atom stereocenters. The maximum atomic E-state index is 11.4. The summed E-state index contributed by atoms with van der Waals surface area (Å²) in [6, 6.07) is 6.08. The Morgan fingerprint density at radius 1 is 1.42 bits per heavy atom. The largest absolute Gasteiger partial charge is 0.315 e. The van der Waals surface area contributed by atoms with Gasteiger partial charge in [0.1, 0.15) is 4.47 Å². The molecule has 2 N–H and O–H groups in total. The van der Waals surface area contributed by atoms with Crippen molar-refractivity contribution in [2.24, 2.45) is 0 Å². The van der Waals surface area contributed by atoms with Crippen LogP contribution < -0.4 is 10.9 Å². The van der Waals surface area contributed by atoms with Gasteiger partial charge >= 0.3 is 0 Å². The number of rotatable bonds is 2. The molecule has 0 fully saturated rings. The number of benzene rings is 1. The van der Waals surface area contributed by atoms with Crippen molar-refractivity contribution < 1.29 is 0 Å². The number of fused-ring (bicyclic) bond motifs is 1. The van der Waals surface area contributed by atoms with E-state index in [1.807, 2.05) is 19.1 Å². The minimum absolute atomic E-state index is 0.227. The molecular formula is C12H9BrN4OS. The van der Waals surface area contributed by atoms with Gasteiger partial charge in [-0.1, -0.05) is 17.4 Å². The minimum atomic E-state index is -0.227. The number of halogens is 1. The fourth-order valence-electron chi connectivity index (χ4n) is 1.66. The van der Waals surface area contributed by atoms with Crippen molar-refractivity contribution in [2.75, 3.05) is 5.32 Å². The molecular weight excluding hydrogens is 328 g/mol. The summed E-state index contributed by atoms with van der Waals surface area (Å²) >= 11 is 4.73. The lowest BCUT2D eigenvalue weighted by molar-refractivity contribution is 1.10. The maximum absolute atomic E-state index is 11.4. The highest BCUT2D eigenvalue weighted by atomic mass is 79.9. The molecule has 1 aromatic carbocycles. The van der Waals surface area contributed by atoms with Crippen LogP contribution in [0, 0.1) is 6.92 Å². The normalized spacial score (nSPS) is 10.8. The molecule has 0 saturated heterocycles. The Labute approximate surface area is 120 Å². The average molecular weight is 337 g/mol. The lowest BCUT2D eigenvalue weighted by atomic mass is 10.2. The third kappa shape index (κ3) is 2.39. The van der Waals surface area contributed by atoms with Gasteiger partial charge in [0.2, 0.25) is 0 Å². The molecule has 0 saturated carbocycles. The van der Waals surface area contributed by atoms with Gasteiger partial charge in [-0.05, 0) is 40.5 Å². The van der Waals surface area contributed by atoms with Crippen molar-refractivity contribution in [1.82, 2.24) is 15.0 Å². The molecule has 0 atom stereocenters. The number of thiazole rings is 1. The molecule has 7 heteroatoms. The summed E-state index contributed by atoms with van der Waals surface area (Å²) in [6.07, 6.45) is 1.35. The van der Waals surface area contributed by atoms with Crippen LogP contribution in [0.4, 0.5) is 10.9 Å². The van der Waals surface area contributed by atoms with Crippen LogP contribution in [0.2, 0.25) is 0 Å². The highest BCUT2D eigenvalue weighted by Crippen LogP contribution is 2.29. The molecule has 3 aromatic rings. The molecule has 0 radical (unpaired) electrons. The van der Waals surface area contributed by atoms with Crippen molar-refractivity contribution >= 4 is 48.4 Å². The van der Waals surface area contributed by atoms with Crippen LogP contribution >= 0.6 is 27.3 Å². The van der Waals surface area contributed by atoms with E-state index in [-0.39, 0.29) is 5.56 Å². The molecule has 0 aliphatic heterocycles. The lowest BCUT2D eigenvalue weighted by Crippen LogP contribution is -2.09. The quantitative estimate of drug-likeness (QED) is 0.753. The first-order chi connectivity index (χ1) is 9.13. The van der Waals surface area contributed by atoms with Crippen LogP contribution in [0.15, 0.2) is 33.8 Å². The third-order valence-electron chi connectivity index (χ3n) is 2.57. The maximum Gasteiger partial charge on any atom is 0.267 e. The highest BCUT2D eigenvalue weighted by Gasteiger charge is 2.09. The fourth-order valence-corrected chi connectivity index (χ4v) is 2.94. The van der Waals surface area contributed by atoms with E-state index in [1.165, 1.54) is 23.2 Å². The van der Waals surface area contributed by atoms with E-state index in [0.29, 0.717) is 15.4 Å². The van der Waals surface area contributed by atoms with Gasteiger partial charge in [-0.25, -0.2) is 9.97 Å². The van der Waals surface area contributed by atoms with Crippen molar-refractivity contribution in [2.45, 2.75) is 6.92 Å². The summed E-state index contributed by atoms with van der Waals surface area (Å²) in [5.41, 5.74) is 1.90. The van der Waals surface area contributed by atoms with Crippen LogP contribution in [-0.4, -0.2) is 15.0 Å². The van der Waals surface area contributed by atoms with Gasteiger partial charge in [0.15, 0.2) is 10.9 Å². The van der Waals surface area contributed by atoms with Gasteiger partial charge in [0.05, 0.1) is 16.5 Å². The fraction of sp³-hybridized carbons (Fsp3) is 0.0833. The zero-order chi connectivity index (χ0) is 13.4. The standard InChI is InChI=1S/C12H9BrN4OS/c1-6-2-3-7-8(4-6)19-12(16-7)17-10-9(13)11(18)15-5-14-10/h2-5H,1H3,(H2,14,15,16,17,18). The molecule has 0 aliphatic rings. The van der Waals surface area contributed by atoms with E-state index in [1.54, 1.807) is 0 Å². The van der Waals surface area contributed by atoms with Gasteiger partial charge in [-0.3, -0.25) is 4.79 Å². The molecule has 5 nitrogen and oxygen atoms in total. The number of aryl methyl sites for hydroxylation is 1. The zero-order valence-corrected chi connectivity index (χ0v) is 12.3. The van der Waals surface area contributed by atoms with Crippen molar-refractivity contribution in [3.63, 3.8) is 0 Å². The molecule has 2 heterocycles. The van der Waals surface area contributed by atoms with Crippen LogP contribution in [0.5, 0.6) is 0 Å². The SMILES string of the molecule is Cc1ccc2nc(Nc3nc[nH]c(=O)c3Br)sc2c1. The molecule has 0 spiro atoms. The number of hydrogen-bond acceptors (Lipinski definition) is 5. The number of anilines is 2. The Hall–Kier alpha value is -1.73. The van der Waals surface area contributed by atoms with E-state index in [0.717, 1.165) is 10.2 Å². The van der Waals surface area contributed by atoms with Crippen molar-refractivity contribution in [1.29, 1.82) is 0 Å². The number of H-pyrrole nitrogens is 1. The van der Waals surface area contributed by atoms with Gasteiger partial charge in [0, 0.05) is 0 Å². The molecule has 96 valence electrons. The summed E-state index contributed by atoms with van der Waals surface area (Å²) in [5, 5.41) is 3.76. The molecule has 0 amide bonds. The lowest BCUT2D eigenvalue weighted by Gasteiger charge is -2.01. The van der Waals surface area contributed by atoms with Crippen LogP contribution in [-0.2, 0) is 0 Å². The van der Waals surface area contributed by atoms with Crippen LogP contribution in [0.1, 0.15) is 5.56 Å². The first-order valence-corrected chi connectivity index (χ1v) is 7.12. The second-order valence-electron chi connectivity index (χ2n) is 4.01. The Morgan fingerprint density at radius 3 is 3.11 bits per heavy atom. The van der Waals surface area contributed by atoms with Crippen molar-refractivity contribution in [3.05, 3.63) is 44.9 Å². The Balaban J connectivity index is 2.01. The van der Waals surface area contributed by atoms with Gasteiger partial charge in [-0.2, -0.15) is 0 Å². The average Bonchev–Trinajstić information content (AvgIpc) is 2.76. The smallest absolute Gasteiger partial charge is 0.267 e. The number of nitrogens with one attached hydrogen (secondary N) is 2. The molecule has 19 heavy (non-hydrogen) atoms. The predicted octanol–water partition coefficient (Wildman–Crippen LogP) is 3.19. The minimum Gasteiger partial charge on any atom is -0.315 e. The summed E-state index contributed by atoms with van der Waals surface area (Å²) < 4.78 is 1.47. The Bertz CT molecular complexity index is 811. The van der Waals surface area contributed by atoms with E-state index in [9.17, 15) is 4.79 Å². The van der Waals surface area contributed by atoms with Gasteiger partial charge in [0.25, 0.3) is 5.56 Å². The highest BCUT2D eigenvalue weighted by molar-refractivity contribution is 9.10. The van der Waals surface area contributed by atoms with Gasteiger partial charge in [-0.15, -0.1) is 0 Å². The first-order valence-electron chi connectivity index (χ1n) is 5.51. The van der Waals surface area contributed by atoms with Crippen molar-refractivity contribution in [3.8, 4) is 0 Å². The van der Waals surface area contributed by atoms with E-state index in [4.69, 9.17) is 0 Å². The molecule has 0 aliphatic carbocycles. The van der Waals surface area contributed by atoms with Crippen LogP contribution in [0.25, 0.3) is 10.2 Å². The first kappa shape index (κ1) is 12.3. The van der Waals surface area contributed by atoms with E-state index >= 15 is 0 Å². The number of aromatic nitrogens is 3.